The fourth-order valence-corrected chi connectivity index (χ4v) is 5.03. The zero-order valence-electron chi connectivity index (χ0n) is 19.6. The number of ether oxygens (including phenoxy) is 1. The van der Waals surface area contributed by atoms with Gasteiger partial charge in [-0.25, -0.2) is 9.97 Å². The average Bonchev–Trinajstić information content (AvgIpc) is 3.56. The third-order valence-electron chi connectivity index (χ3n) is 6.07. The van der Waals surface area contributed by atoms with Gasteiger partial charge in [-0.2, -0.15) is 9.78 Å². The number of hydrogen-bond donors (Lipinski definition) is 1. The molecule has 0 bridgehead atoms. The van der Waals surface area contributed by atoms with E-state index in [4.69, 9.17) is 9.72 Å². The molecule has 1 aliphatic rings. The Bertz CT molecular complexity index is 1330. The van der Waals surface area contributed by atoms with E-state index in [0.29, 0.717) is 43.4 Å². The number of piperazine rings is 1. The molecule has 1 amide bonds. The minimum Gasteiger partial charge on any atom is -0.506 e. The van der Waals surface area contributed by atoms with Gasteiger partial charge in [-0.1, -0.05) is 18.2 Å². The Labute approximate surface area is 207 Å². The molecule has 0 radical (unpaired) electrons. The molecule has 5 rings (SSSR count). The highest BCUT2D eigenvalue weighted by atomic mass is 32.1. The molecular weight excluding hydrogens is 464 g/mol. The number of methoxy groups -OCH3 is 1. The summed E-state index contributed by atoms with van der Waals surface area (Å²) in [5, 5.41) is 16.6. The fourth-order valence-electron chi connectivity index (χ4n) is 4.25. The quantitative estimate of drug-likeness (QED) is 0.442. The molecule has 1 aromatic carbocycles. The van der Waals surface area contributed by atoms with Crippen molar-refractivity contribution in [2.75, 3.05) is 38.2 Å². The van der Waals surface area contributed by atoms with E-state index >= 15 is 0 Å². The summed E-state index contributed by atoms with van der Waals surface area (Å²) >= 11 is 1.61. The summed E-state index contributed by atoms with van der Waals surface area (Å²) in [7, 11) is 1.59. The van der Waals surface area contributed by atoms with Crippen LogP contribution in [0.25, 0.3) is 16.5 Å². The number of aromatic hydroxyl groups is 1. The van der Waals surface area contributed by atoms with Gasteiger partial charge in [-0.05, 0) is 36.1 Å². The Balaban J connectivity index is 1.39. The Hall–Kier alpha value is -3.76. The van der Waals surface area contributed by atoms with Gasteiger partial charge in [-0.15, -0.1) is 11.3 Å². The van der Waals surface area contributed by atoms with Gasteiger partial charge in [0.05, 0.1) is 40.3 Å². The van der Waals surface area contributed by atoms with Crippen molar-refractivity contribution in [2.45, 2.75) is 13.5 Å². The smallest absolute Gasteiger partial charge is 0.257 e. The molecule has 3 aromatic heterocycles. The Morgan fingerprint density at radius 3 is 2.63 bits per heavy atom. The van der Waals surface area contributed by atoms with Gasteiger partial charge in [0, 0.05) is 39.5 Å². The van der Waals surface area contributed by atoms with Crippen molar-refractivity contribution in [3.63, 3.8) is 0 Å². The number of rotatable bonds is 6. The predicted molar refractivity (Wildman–Crippen MR) is 134 cm³/mol. The summed E-state index contributed by atoms with van der Waals surface area (Å²) < 4.78 is 7.01. The number of anilines is 1. The van der Waals surface area contributed by atoms with Crippen LogP contribution < -0.4 is 4.90 Å². The van der Waals surface area contributed by atoms with E-state index < -0.39 is 0 Å². The fraction of sp³-hybridized carbons (Fsp3) is 0.280. The molecule has 4 aromatic rings. The average molecular weight is 491 g/mol. The molecule has 1 aliphatic heterocycles. The topological polar surface area (TPSA) is 96.6 Å². The van der Waals surface area contributed by atoms with Crippen molar-refractivity contribution in [1.29, 1.82) is 0 Å². The van der Waals surface area contributed by atoms with Gasteiger partial charge < -0.3 is 19.6 Å². The normalized spacial score (nSPS) is 13.9. The number of phenolic OH excluding ortho intramolecular Hbond substituents is 1. The Morgan fingerprint density at radius 1 is 1.11 bits per heavy atom. The van der Waals surface area contributed by atoms with Gasteiger partial charge in [0.2, 0.25) is 0 Å². The number of phenols is 1. The first-order chi connectivity index (χ1) is 17.1. The second kappa shape index (κ2) is 9.85. The number of hydrogen-bond acceptors (Lipinski definition) is 8. The van der Waals surface area contributed by atoms with Crippen LogP contribution in [0.4, 0.5) is 5.69 Å². The second-order valence-corrected chi connectivity index (χ2v) is 9.24. The van der Waals surface area contributed by atoms with Crippen molar-refractivity contribution >= 4 is 22.9 Å². The highest BCUT2D eigenvalue weighted by molar-refractivity contribution is 7.13. The van der Waals surface area contributed by atoms with Crippen molar-refractivity contribution in [2.24, 2.45) is 0 Å². The number of aryl methyl sites for hydroxylation is 1. The van der Waals surface area contributed by atoms with E-state index in [1.165, 1.54) is 0 Å². The van der Waals surface area contributed by atoms with Crippen molar-refractivity contribution in [3.8, 4) is 22.3 Å². The molecule has 35 heavy (non-hydrogen) atoms. The molecular formula is C25H26N6O3S. The summed E-state index contributed by atoms with van der Waals surface area (Å²) in [4.78, 5) is 27.6. The first kappa shape index (κ1) is 23.0. The lowest BCUT2D eigenvalue weighted by Crippen LogP contribution is -2.49. The van der Waals surface area contributed by atoms with Crippen LogP contribution >= 0.6 is 11.3 Å². The molecule has 0 unspecified atom stereocenters. The number of carbonyl (C=O) groups is 1. The third kappa shape index (κ3) is 4.50. The molecule has 1 saturated heterocycles. The van der Waals surface area contributed by atoms with Gasteiger partial charge in [0.25, 0.3) is 11.9 Å². The van der Waals surface area contributed by atoms with Gasteiger partial charge in [-0.3, -0.25) is 4.79 Å². The number of carbonyl (C=O) groups excluding carboxylic acids is 1. The minimum absolute atomic E-state index is 0.106. The zero-order valence-corrected chi connectivity index (χ0v) is 20.4. The first-order valence-corrected chi connectivity index (χ1v) is 12.2. The maximum atomic E-state index is 13.5. The maximum Gasteiger partial charge on any atom is 0.257 e. The van der Waals surface area contributed by atoms with Gasteiger partial charge >= 0.3 is 0 Å². The molecule has 0 saturated carbocycles. The number of aromatic nitrogens is 4. The second-order valence-electron chi connectivity index (χ2n) is 8.30. The van der Waals surface area contributed by atoms with Crippen molar-refractivity contribution < 1.29 is 14.6 Å². The summed E-state index contributed by atoms with van der Waals surface area (Å²) in [5.41, 5.74) is 3.68. The van der Waals surface area contributed by atoms with E-state index in [1.807, 2.05) is 41.5 Å². The van der Waals surface area contributed by atoms with Crippen LogP contribution in [0.3, 0.4) is 0 Å². The molecule has 9 nitrogen and oxygen atoms in total. The molecule has 1 fully saturated rings. The van der Waals surface area contributed by atoms with E-state index in [0.717, 1.165) is 21.8 Å². The highest BCUT2D eigenvalue weighted by Crippen LogP contribution is 2.28. The molecule has 4 heterocycles. The number of benzene rings is 1. The largest absolute Gasteiger partial charge is 0.506 e. The van der Waals surface area contributed by atoms with Crippen LogP contribution in [0.5, 0.6) is 5.75 Å². The minimum atomic E-state index is -0.106. The lowest BCUT2D eigenvalue weighted by molar-refractivity contribution is 0.0741. The third-order valence-corrected chi connectivity index (χ3v) is 6.95. The van der Waals surface area contributed by atoms with Gasteiger partial charge in [0.15, 0.2) is 0 Å². The van der Waals surface area contributed by atoms with Crippen LogP contribution in [0.15, 0.2) is 54.2 Å². The van der Waals surface area contributed by atoms with E-state index in [2.05, 4.69) is 15.0 Å². The highest BCUT2D eigenvalue weighted by Gasteiger charge is 2.28. The summed E-state index contributed by atoms with van der Waals surface area (Å²) in [6.07, 6.45) is 3.34. The van der Waals surface area contributed by atoms with Crippen LogP contribution in [-0.4, -0.2) is 69.0 Å². The van der Waals surface area contributed by atoms with Crippen LogP contribution in [0.2, 0.25) is 0 Å². The summed E-state index contributed by atoms with van der Waals surface area (Å²) in [5.74, 6) is 0.538. The van der Waals surface area contributed by atoms with Crippen LogP contribution in [-0.2, 0) is 11.3 Å². The van der Waals surface area contributed by atoms with Crippen LogP contribution in [0, 0.1) is 6.92 Å². The maximum absolute atomic E-state index is 13.5. The zero-order chi connectivity index (χ0) is 24.4. The molecule has 1 N–H and O–H groups in total. The molecule has 180 valence electrons. The number of amides is 1. The van der Waals surface area contributed by atoms with Crippen molar-refractivity contribution in [1.82, 2.24) is 24.6 Å². The van der Waals surface area contributed by atoms with Gasteiger partial charge in [0.1, 0.15) is 5.75 Å². The standard InChI is InChI=1S/C25H26N6O3S/c1-17-14-26-25(28-23(17)22-8-5-13-35-22)31-20(16-34-2)18(15-27-31)24(33)30-11-9-29(10-12-30)19-6-3-4-7-21(19)32/h3-8,13-15,32H,9-12,16H2,1-2H3. The van der Waals surface area contributed by atoms with Crippen molar-refractivity contribution in [3.05, 3.63) is 71.0 Å². The summed E-state index contributed by atoms with van der Waals surface area (Å²) in [6.45, 7) is 4.50. The summed E-state index contributed by atoms with van der Waals surface area (Å²) in [6, 6.07) is 11.3. The van der Waals surface area contributed by atoms with E-state index in [9.17, 15) is 9.90 Å². The Kier molecular flexibility index (Phi) is 6.47. The van der Waals surface area contributed by atoms with E-state index in [-0.39, 0.29) is 18.3 Å². The lowest BCUT2D eigenvalue weighted by Gasteiger charge is -2.36. The molecule has 0 atom stereocenters. The first-order valence-electron chi connectivity index (χ1n) is 11.3. The molecule has 0 aliphatic carbocycles. The SMILES string of the molecule is COCc1c(C(=O)N2CCN(c3ccccc3O)CC2)cnn1-c1ncc(C)c(-c2cccs2)n1. The molecule has 0 spiro atoms. The van der Waals surface area contributed by atoms with Crippen LogP contribution in [0.1, 0.15) is 21.6 Å². The number of para-hydroxylation sites is 2. The number of nitrogens with zero attached hydrogens (tertiary/aromatic N) is 6. The van der Waals surface area contributed by atoms with E-state index in [1.54, 1.807) is 47.7 Å². The number of thiophene rings is 1. The monoisotopic (exact) mass is 490 g/mol. The Morgan fingerprint density at radius 2 is 1.91 bits per heavy atom. The predicted octanol–water partition coefficient (Wildman–Crippen LogP) is 3.51. The molecule has 10 heteroatoms. The lowest BCUT2D eigenvalue weighted by atomic mass is 10.2.